The molecule has 5 rings (SSSR count). The van der Waals surface area contributed by atoms with Crippen LogP contribution >= 0.6 is 0 Å². The number of aromatic nitrogens is 5. The molecule has 30 heavy (non-hydrogen) atoms. The van der Waals surface area contributed by atoms with Gasteiger partial charge in [0.2, 0.25) is 5.82 Å². The smallest absolute Gasteiger partial charge is 0.259 e. The first-order chi connectivity index (χ1) is 14.7. The highest BCUT2D eigenvalue weighted by Gasteiger charge is 2.14. The number of aryl methyl sites for hydroxylation is 1. The Labute approximate surface area is 173 Å². The fourth-order valence-electron chi connectivity index (χ4n) is 3.76. The van der Waals surface area contributed by atoms with Gasteiger partial charge >= 0.3 is 0 Å². The molecule has 1 aliphatic heterocycles. The van der Waals surface area contributed by atoms with Crippen LogP contribution in [0.15, 0.2) is 64.3 Å². The van der Waals surface area contributed by atoms with Gasteiger partial charge in [-0.05, 0) is 37.6 Å². The van der Waals surface area contributed by atoms with Gasteiger partial charge in [-0.1, -0.05) is 29.4 Å². The SMILES string of the molecule is Cn1cc(-n2cc(-c3nc(-c4ccc(CN5CCCC5)cc4)no3)ccc2=O)cn1. The summed E-state index contributed by atoms with van der Waals surface area (Å²) in [5.74, 6) is 0.889. The van der Waals surface area contributed by atoms with Crippen molar-refractivity contribution in [1.29, 1.82) is 0 Å². The lowest BCUT2D eigenvalue weighted by atomic mass is 10.1. The summed E-state index contributed by atoms with van der Waals surface area (Å²) in [5.41, 5.74) is 3.38. The number of hydrogen-bond donors (Lipinski definition) is 0. The van der Waals surface area contributed by atoms with Crippen molar-refractivity contribution in [3.63, 3.8) is 0 Å². The van der Waals surface area contributed by atoms with Crippen LogP contribution < -0.4 is 5.56 Å². The molecule has 0 N–H and O–H groups in total. The highest BCUT2D eigenvalue weighted by molar-refractivity contribution is 5.59. The molecule has 0 amide bonds. The summed E-state index contributed by atoms with van der Waals surface area (Å²) in [6, 6.07) is 11.5. The molecule has 0 aliphatic carbocycles. The van der Waals surface area contributed by atoms with Crippen LogP contribution in [0.2, 0.25) is 0 Å². The first kappa shape index (κ1) is 18.5. The van der Waals surface area contributed by atoms with Crippen molar-refractivity contribution in [2.45, 2.75) is 19.4 Å². The van der Waals surface area contributed by atoms with Crippen LogP contribution in [0, 0.1) is 0 Å². The minimum atomic E-state index is -0.153. The molecule has 0 bridgehead atoms. The van der Waals surface area contributed by atoms with E-state index in [1.807, 2.05) is 12.1 Å². The Balaban J connectivity index is 1.38. The van der Waals surface area contributed by atoms with Gasteiger partial charge in [0.1, 0.15) is 0 Å². The predicted octanol–water partition coefficient (Wildman–Crippen LogP) is 2.88. The van der Waals surface area contributed by atoms with Crippen LogP contribution in [0.25, 0.3) is 28.5 Å². The lowest BCUT2D eigenvalue weighted by Gasteiger charge is -2.14. The van der Waals surface area contributed by atoms with Gasteiger partial charge in [-0.25, -0.2) is 0 Å². The van der Waals surface area contributed by atoms with Gasteiger partial charge in [0.05, 0.1) is 17.4 Å². The third-order valence-electron chi connectivity index (χ3n) is 5.37. The van der Waals surface area contributed by atoms with E-state index in [9.17, 15) is 4.79 Å². The van der Waals surface area contributed by atoms with Crippen LogP contribution in [0.4, 0.5) is 0 Å². The van der Waals surface area contributed by atoms with Crippen molar-refractivity contribution in [2.75, 3.05) is 13.1 Å². The Morgan fingerprint density at radius 3 is 2.50 bits per heavy atom. The number of likely N-dealkylation sites (tertiary alicyclic amines) is 1. The molecule has 3 aromatic heterocycles. The van der Waals surface area contributed by atoms with E-state index in [1.54, 1.807) is 36.4 Å². The molecule has 1 aliphatic rings. The Morgan fingerprint density at radius 2 is 1.77 bits per heavy atom. The molecule has 4 aromatic rings. The Morgan fingerprint density at radius 1 is 1.00 bits per heavy atom. The molecule has 152 valence electrons. The molecule has 0 spiro atoms. The van der Waals surface area contributed by atoms with Gasteiger partial charge in [0, 0.05) is 37.6 Å². The second-order valence-electron chi connectivity index (χ2n) is 7.60. The third kappa shape index (κ3) is 3.69. The zero-order chi connectivity index (χ0) is 20.5. The average Bonchev–Trinajstić information content (AvgIpc) is 3.51. The monoisotopic (exact) mass is 402 g/mol. The highest BCUT2D eigenvalue weighted by Crippen LogP contribution is 2.23. The summed E-state index contributed by atoms with van der Waals surface area (Å²) in [5, 5.41) is 8.25. The molecule has 0 unspecified atom stereocenters. The van der Waals surface area contributed by atoms with E-state index in [0.29, 0.717) is 23.0 Å². The Kier molecular flexibility index (Phi) is 4.76. The maximum atomic E-state index is 12.3. The van der Waals surface area contributed by atoms with Crippen LogP contribution in [-0.2, 0) is 13.6 Å². The molecule has 1 aromatic carbocycles. The van der Waals surface area contributed by atoms with Crippen LogP contribution in [-0.4, -0.2) is 42.5 Å². The van der Waals surface area contributed by atoms with Gasteiger partial charge < -0.3 is 4.52 Å². The van der Waals surface area contributed by atoms with Crippen LogP contribution in [0.3, 0.4) is 0 Å². The zero-order valence-corrected chi connectivity index (χ0v) is 16.7. The summed E-state index contributed by atoms with van der Waals surface area (Å²) in [7, 11) is 1.80. The van der Waals surface area contributed by atoms with E-state index in [1.165, 1.54) is 42.1 Å². The third-order valence-corrected chi connectivity index (χ3v) is 5.37. The number of benzene rings is 1. The summed E-state index contributed by atoms with van der Waals surface area (Å²) in [4.78, 5) is 19.3. The van der Waals surface area contributed by atoms with E-state index < -0.39 is 0 Å². The van der Waals surface area contributed by atoms with Crippen molar-refractivity contribution in [3.05, 3.63) is 70.9 Å². The predicted molar refractivity (Wildman–Crippen MR) is 112 cm³/mol. The van der Waals surface area contributed by atoms with Crippen molar-refractivity contribution < 1.29 is 4.52 Å². The van der Waals surface area contributed by atoms with Gasteiger partial charge in [0.25, 0.3) is 11.4 Å². The van der Waals surface area contributed by atoms with E-state index in [4.69, 9.17) is 4.52 Å². The van der Waals surface area contributed by atoms with Crippen molar-refractivity contribution in [3.8, 4) is 28.5 Å². The summed E-state index contributed by atoms with van der Waals surface area (Å²) >= 11 is 0. The van der Waals surface area contributed by atoms with E-state index in [0.717, 1.165) is 12.1 Å². The van der Waals surface area contributed by atoms with Gasteiger partial charge in [-0.15, -0.1) is 0 Å². The lowest BCUT2D eigenvalue weighted by Crippen LogP contribution is -2.18. The molecule has 0 radical (unpaired) electrons. The summed E-state index contributed by atoms with van der Waals surface area (Å²) in [6.45, 7) is 3.34. The molecule has 1 fully saturated rings. The molecule has 0 saturated carbocycles. The standard InChI is InChI=1S/C22H22N6O2/c1-26-15-19(12-23-26)28-14-18(8-9-20(28)29)22-24-21(25-30-22)17-6-4-16(5-7-17)13-27-10-2-3-11-27/h4-9,12,14-15H,2-3,10-11,13H2,1H3. The minimum Gasteiger partial charge on any atom is -0.334 e. The van der Waals surface area contributed by atoms with Crippen molar-refractivity contribution in [2.24, 2.45) is 7.05 Å². The van der Waals surface area contributed by atoms with E-state index in [2.05, 4.69) is 32.3 Å². The van der Waals surface area contributed by atoms with Crippen molar-refractivity contribution in [1.82, 2.24) is 29.4 Å². The average molecular weight is 402 g/mol. The second kappa shape index (κ2) is 7.72. The number of hydrogen-bond acceptors (Lipinski definition) is 6. The quantitative estimate of drug-likeness (QED) is 0.511. The molecule has 0 atom stereocenters. The molecule has 8 nitrogen and oxygen atoms in total. The molecule has 1 saturated heterocycles. The Hall–Kier alpha value is -3.52. The van der Waals surface area contributed by atoms with Gasteiger partial charge in [-0.2, -0.15) is 10.1 Å². The lowest BCUT2D eigenvalue weighted by molar-refractivity contribution is 0.331. The summed E-state index contributed by atoms with van der Waals surface area (Å²) < 4.78 is 8.63. The highest BCUT2D eigenvalue weighted by atomic mass is 16.5. The normalized spacial score (nSPS) is 14.4. The zero-order valence-electron chi connectivity index (χ0n) is 16.7. The number of pyridine rings is 1. The molecular weight excluding hydrogens is 380 g/mol. The summed E-state index contributed by atoms with van der Waals surface area (Å²) in [6.07, 6.45) is 7.67. The number of nitrogens with zero attached hydrogens (tertiary/aromatic N) is 6. The molecule has 4 heterocycles. The topological polar surface area (TPSA) is 82.0 Å². The fraction of sp³-hybridized carbons (Fsp3) is 0.273. The maximum Gasteiger partial charge on any atom is 0.259 e. The van der Waals surface area contributed by atoms with Crippen molar-refractivity contribution >= 4 is 0 Å². The van der Waals surface area contributed by atoms with Gasteiger partial charge in [-0.3, -0.25) is 18.9 Å². The fourth-order valence-corrected chi connectivity index (χ4v) is 3.76. The van der Waals surface area contributed by atoms with Crippen LogP contribution in [0.5, 0.6) is 0 Å². The minimum absolute atomic E-state index is 0.153. The van der Waals surface area contributed by atoms with Gasteiger partial charge in [0.15, 0.2) is 0 Å². The van der Waals surface area contributed by atoms with Crippen LogP contribution in [0.1, 0.15) is 18.4 Å². The molecule has 8 heteroatoms. The Bertz CT molecular complexity index is 1210. The van der Waals surface area contributed by atoms with E-state index >= 15 is 0 Å². The molecular formula is C22H22N6O2. The van der Waals surface area contributed by atoms with E-state index in [-0.39, 0.29) is 5.56 Å². The maximum absolute atomic E-state index is 12.3. The first-order valence-corrected chi connectivity index (χ1v) is 10.0. The largest absolute Gasteiger partial charge is 0.334 e. The number of rotatable bonds is 5. The first-order valence-electron chi connectivity index (χ1n) is 10.0. The second-order valence-corrected chi connectivity index (χ2v) is 7.60.